The number of methoxy groups -OCH3 is 1. The van der Waals surface area contributed by atoms with E-state index in [9.17, 15) is 0 Å². The summed E-state index contributed by atoms with van der Waals surface area (Å²) in [6, 6.07) is 8.99. The van der Waals surface area contributed by atoms with Crippen LogP contribution in [-0.4, -0.2) is 31.6 Å². The van der Waals surface area contributed by atoms with Gasteiger partial charge in [0.25, 0.3) is 0 Å². The van der Waals surface area contributed by atoms with Gasteiger partial charge in [-0.3, -0.25) is 4.90 Å². The summed E-state index contributed by atoms with van der Waals surface area (Å²) < 4.78 is 5.23. The molecule has 0 aromatic heterocycles. The summed E-state index contributed by atoms with van der Waals surface area (Å²) in [7, 11) is 1.74. The Bertz CT molecular complexity index is 404. The summed E-state index contributed by atoms with van der Waals surface area (Å²) in [5, 5.41) is 0. The maximum absolute atomic E-state index is 6.07. The van der Waals surface area contributed by atoms with Crippen LogP contribution in [0, 0.1) is 5.92 Å². The third-order valence-corrected chi connectivity index (χ3v) is 4.43. The summed E-state index contributed by atoms with van der Waals surface area (Å²) in [6.45, 7) is 5.83. The standard InChI is InChI=1S/C17H28N2O/c1-3-19(12-14-6-4-7-14)17(11-18)16-9-5-8-15(10-16)13-20-2/h5,8-10,14,17H,3-4,6-7,11-13,18H2,1-2H3. The molecule has 0 spiro atoms. The Morgan fingerprint density at radius 1 is 1.40 bits per heavy atom. The fraction of sp³-hybridized carbons (Fsp3) is 0.647. The summed E-state index contributed by atoms with van der Waals surface area (Å²) in [5.41, 5.74) is 8.62. The predicted octanol–water partition coefficient (Wildman–Crippen LogP) is 2.95. The maximum Gasteiger partial charge on any atom is 0.0713 e. The largest absolute Gasteiger partial charge is 0.380 e. The Kier molecular flexibility index (Phi) is 6.02. The molecular weight excluding hydrogens is 248 g/mol. The maximum atomic E-state index is 6.07. The zero-order valence-corrected chi connectivity index (χ0v) is 12.8. The zero-order valence-electron chi connectivity index (χ0n) is 12.8. The van der Waals surface area contributed by atoms with Crippen molar-refractivity contribution >= 4 is 0 Å². The van der Waals surface area contributed by atoms with Gasteiger partial charge in [-0.05, 0) is 36.4 Å². The van der Waals surface area contributed by atoms with Gasteiger partial charge in [0, 0.05) is 26.2 Å². The number of nitrogens with two attached hydrogens (primary N) is 1. The molecule has 0 aliphatic heterocycles. The first-order valence-electron chi connectivity index (χ1n) is 7.80. The van der Waals surface area contributed by atoms with Gasteiger partial charge >= 0.3 is 0 Å². The predicted molar refractivity (Wildman–Crippen MR) is 83.5 cm³/mol. The van der Waals surface area contributed by atoms with Gasteiger partial charge in [0.1, 0.15) is 0 Å². The van der Waals surface area contributed by atoms with E-state index < -0.39 is 0 Å². The minimum Gasteiger partial charge on any atom is -0.380 e. The third-order valence-electron chi connectivity index (χ3n) is 4.43. The van der Waals surface area contributed by atoms with Crippen LogP contribution in [0.2, 0.25) is 0 Å². The Hall–Kier alpha value is -0.900. The monoisotopic (exact) mass is 276 g/mol. The van der Waals surface area contributed by atoms with Crippen molar-refractivity contribution in [1.29, 1.82) is 0 Å². The van der Waals surface area contributed by atoms with Crippen LogP contribution in [0.25, 0.3) is 0 Å². The van der Waals surface area contributed by atoms with Crippen molar-refractivity contribution in [3.8, 4) is 0 Å². The summed E-state index contributed by atoms with van der Waals surface area (Å²) >= 11 is 0. The van der Waals surface area contributed by atoms with Crippen molar-refractivity contribution in [3.63, 3.8) is 0 Å². The van der Waals surface area contributed by atoms with Crippen molar-refractivity contribution in [2.75, 3.05) is 26.7 Å². The zero-order chi connectivity index (χ0) is 14.4. The van der Waals surface area contributed by atoms with Gasteiger partial charge in [-0.2, -0.15) is 0 Å². The molecule has 0 radical (unpaired) electrons. The molecule has 1 aliphatic carbocycles. The molecular formula is C17H28N2O. The summed E-state index contributed by atoms with van der Waals surface area (Å²) in [6.07, 6.45) is 4.17. The molecule has 2 rings (SSSR count). The van der Waals surface area contributed by atoms with Crippen molar-refractivity contribution in [2.45, 2.75) is 38.8 Å². The Labute approximate surface area is 123 Å². The highest BCUT2D eigenvalue weighted by Gasteiger charge is 2.24. The van der Waals surface area contributed by atoms with Crippen LogP contribution in [0.4, 0.5) is 0 Å². The Morgan fingerprint density at radius 2 is 2.20 bits per heavy atom. The number of benzene rings is 1. The molecule has 1 unspecified atom stereocenters. The molecule has 1 aromatic carbocycles. The van der Waals surface area contributed by atoms with Crippen molar-refractivity contribution in [3.05, 3.63) is 35.4 Å². The first-order valence-corrected chi connectivity index (χ1v) is 7.80. The van der Waals surface area contributed by atoms with E-state index in [0.29, 0.717) is 19.2 Å². The molecule has 0 saturated heterocycles. The molecule has 1 atom stereocenters. The second-order valence-electron chi connectivity index (χ2n) is 5.81. The summed E-state index contributed by atoms with van der Waals surface area (Å²) in [5.74, 6) is 0.881. The first kappa shape index (κ1) is 15.5. The molecule has 0 bridgehead atoms. The second-order valence-corrected chi connectivity index (χ2v) is 5.81. The van der Waals surface area contributed by atoms with E-state index >= 15 is 0 Å². The van der Waals surface area contributed by atoms with E-state index in [-0.39, 0.29) is 0 Å². The van der Waals surface area contributed by atoms with Gasteiger partial charge in [0.05, 0.1) is 6.61 Å². The van der Waals surface area contributed by atoms with Crippen LogP contribution in [0.5, 0.6) is 0 Å². The van der Waals surface area contributed by atoms with E-state index in [2.05, 4.69) is 36.1 Å². The lowest BCUT2D eigenvalue weighted by atomic mass is 9.84. The molecule has 20 heavy (non-hydrogen) atoms. The first-order chi connectivity index (χ1) is 9.78. The molecule has 1 aromatic rings. The highest BCUT2D eigenvalue weighted by atomic mass is 16.5. The number of likely N-dealkylation sites (N-methyl/N-ethyl adjacent to an activating group) is 1. The van der Waals surface area contributed by atoms with Crippen LogP contribution in [-0.2, 0) is 11.3 Å². The fourth-order valence-electron chi connectivity index (χ4n) is 3.04. The SMILES string of the molecule is CCN(CC1CCC1)C(CN)c1cccc(COC)c1. The average molecular weight is 276 g/mol. The molecule has 1 saturated carbocycles. The minimum atomic E-state index is 0.331. The van der Waals surface area contributed by atoms with E-state index in [1.54, 1.807) is 7.11 Å². The second kappa shape index (κ2) is 7.77. The van der Waals surface area contributed by atoms with Crippen LogP contribution in [0.15, 0.2) is 24.3 Å². The van der Waals surface area contributed by atoms with Crippen molar-refractivity contribution < 1.29 is 4.74 Å². The number of hydrogen-bond acceptors (Lipinski definition) is 3. The van der Waals surface area contributed by atoms with Gasteiger partial charge in [0.2, 0.25) is 0 Å². The molecule has 3 heteroatoms. The smallest absolute Gasteiger partial charge is 0.0713 e. The van der Waals surface area contributed by atoms with E-state index in [1.165, 1.54) is 36.9 Å². The van der Waals surface area contributed by atoms with Crippen LogP contribution < -0.4 is 5.73 Å². The molecule has 0 amide bonds. The topological polar surface area (TPSA) is 38.5 Å². The molecule has 1 fully saturated rings. The number of nitrogens with zero attached hydrogens (tertiary/aromatic N) is 1. The highest BCUT2D eigenvalue weighted by Crippen LogP contribution is 2.30. The van der Waals surface area contributed by atoms with Crippen LogP contribution in [0.3, 0.4) is 0 Å². The summed E-state index contributed by atoms with van der Waals surface area (Å²) in [4.78, 5) is 2.54. The van der Waals surface area contributed by atoms with E-state index in [1.807, 2.05) is 0 Å². The Balaban J connectivity index is 2.09. The molecule has 0 heterocycles. The van der Waals surface area contributed by atoms with Gasteiger partial charge in [-0.25, -0.2) is 0 Å². The number of ether oxygens (including phenoxy) is 1. The normalized spacial score (nSPS) is 17.2. The van der Waals surface area contributed by atoms with Gasteiger partial charge in [-0.1, -0.05) is 37.6 Å². The highest BCUT2D eigenvalue weighted by molar-refractivity contribution is 5.26. The van der Waals surface area contributed by atoms with Crippen molar-refractivity contribution in [2.24, 2.45) is 11.7 Å². The number of rotatable bonds is 8. The third kappa shape index (κ3) is 3.81. The Morgan fingerprint density at radius 3 is 2.75 bits per heavy atom. The van der Waals surface area contributed by atoms with Crippen LogP contribution in [0.1, 0.15) is 43.4 Å². The van der Waals surface area contributed by atoms with Gasteiger partial charge in [0.15, 0.2) is 0 Å². The average Bonchev–Trinajstić information content (AvgIpc) is 2.42. The lowest BCUT2D eigenvalue weighted by Crippen LogP contribution is -2.38. The molecule has 2 N–H and O–H groups in total. The van der Waals surface area contributed by atoms with Gasteiger partial charge < -0.3 is 10.5 Å². The lowest BCUT2D eigenvalue weighted by molar-refractivity contribution is 0.141. The fourth-order valence-corrected chi connectivity index (χ4v) is 3.04. The van der Waals surface area contributed by atoms with Crippen LogP contribution >= 0.6 is 0 Å². The van der Waals surface area contributed by atoms with Crippen molar-refractivity contribution in [1.82, 2.24) is 4.90 Å². The molecule has 112 valence electrons. The van der Waals surface area contributed by atoms with E-state index in [4.69, 9.17) is 10.5 Å². The van der Waals surface area contributed by atoms with Gasteiger partial charge in [-0.15, -0.1) is 0 Å². The molecule has 1 aliphatic rings. The minimum absolute atomic E-state index is 0.331. The number of hydrogen-bond donors (Lipinski definition) is 1. The lowest BCUT2D eigenvalue weighted by Gasteiger charge is -2.36. The quantitative estimate of drug-likeness (QED) is 0.793. The molecule has 3 nitrogen and oxygen atoms in total. The van der Waals surface area contributed by atoms with E-state index in [0.717, 1.165) is 12.5 Å².